The van der Waals surface area contributed by atoms with E-state index in [0.717, 1.165) is 5.71 Å². The van der Waals surface area contributed by atoms with Gasteiger partial charge in [-0.15, -0.1) is 4.99 Å². The topological polar surface area (TPSA) is 147 Å². The number of hydrogen-bond acceptors (Lipinski definition) is 8. The van der Waals surface area contributed by atoms with Crippen molar-refractivity contribution in [3.8, 4) is 11.1 Å². The lowest BCUT2D eigenvalue weighted by Gasteiger charge is -2.35. The minimum atomic E-state index is -1.05. The quantitative estimate of drug-likeness (QED) is 0.321. The number of hydrogen-bond donors (Lipinski definition) is 2. The third kappa shape index (κ3) is 6.68. The summed E-state index contributed by atoms with van der Waals surface area (Å²) in [6.07, 6.45) is 0.327. The molecule has 198 valence electrons. The number of halogens is 2. The Hall–Kier alpha value is -3.84. The molecule has 0 bridgehead atoms. The van der Waals surface area contributed by atoms with Crippen molar-refractivity contribution >= 4 is 23.6 Å². The number of carbonyl (C=O) groups is 1. The Morgan fingerprint density at radius 1 is 1.24 bits per heavy atom. The van der Waals surface area contributed by atoms with Crippen LogP contribution in [-0.2, 0) is 25.7 Å². The zero-order valence-corrected chi connectivity index (χ0v) is 20.4. The number of aliphatic imine (C=N–C) groups is 1. The Kier molecular flexibility index (Phi) is 7.83. The first-order valence-electron chi connectivity index (χ1n) is 11.5. The smallest absolute Gasteiger partial charge is 0.437 e. The van der Waals surface area contributed by atoms with E-state index in [-0.39, 0.29) is 28.4 Å². The molecule has 0 unspecified atom stereocenters. The number of amides is 1. The first-order chi connectivity index (χ1) is 17.6. The fourth-order valence-electron chi connectivity index (χ4n) is 3.66. The van der Waals surface area contributed by atoms with E-state index in [1.807, 2.05) is 13.8 Å². The third-order valence-electron chi connectivity index (χ3n) is 5.67. The molecule has 3 heterocycles. The van der Waals surface area contributed by atoms with Crippen molar-refractivity contribution in [2.75, 3.05) is 37.8 Å². The molecule has 2 aliphatic heterocycles. The summed E-state index contributed by atoms with van der Waals surface area (Å²) in [6, 6.07) is 5.66. The van der Waals surface area contributed by atoms with Gasteiger partial charge in [-0.2, -0.15) is 0 Å². The highest BCUT2D eigenvalue weighted by atomic mass is 19.1. The minimum Gasteiger partial charge on any atom is -0.443 e. The van der Waals surface area contributed by atoms with E-state index < -0.39 is 36.1 Å². The number of oxime groups is 1. The molecule has 13 heteroatoms. The zero-order chi connectivity index (χ0) is 26.6. The van der Waals surface area contributed by atoms with Crippen molar-refractivity contribution in [2.24, 2.45) is 27.5 Å². The lowest BCUT2D eigenvalue weighted by atomic mass is 10.0. The van der Waals surface area contributed by atoms with Crippen LogP contribution in [0.4, 0.5) is 19.4 Å². The van der Waals surface area contributed by atoms with Crippen LogP contribution in [0.1, 0.15) is 19.4 Å². The molecular weight excluding hydrogens is 490 g/mol. The van der Waals surface area contributed by atoms with Gasteiger partial charge in [0.15, 0.2) is 23.4 Å². The predicted octanol–water partition coefficient (Wildman–Crippen LogP) is 2.53. The van der Waals surface area contributed by atoms with Crippen LogP contribution < -0.4 is 16.4 Å². The van der Waals surface area contributed by atoms with Crippen molar-refractivity contribution in [2.45, 2.75) is 26.2 Å². The second kappa shape index (κ2) is 11.0. The largest absolute Gasteiger partial charge is 0.443 e. The van der Waals surface area contributed by atoms with Gasteiger partial charge in [0.25, 0.3) is 0 Å². The Labute approximate surface area is 212 Å². The zero-order valence-electron chi connectivity index (χ0n) is 20.4. The lowest BCUT2D eigenvalue weighted by molar-refractivity contribution is -0.266. The van der Waals surface area contributed by atoms with E-state index in [1.165, 1.54) is 24.4 Å². The van der Waals surface area contributed by atoms with Gasteiger partial charge in [0.2, 0.25) is 0 Å². The standard InChI is InChI=1S/C24H28F2N6O5/c1-24(2)35-10-14(11-36-24)12-37-31-17-8-32(9-17)21-19(25)6-16(7-29-21)18-5-3-4-15(20(18)26)13-34-23(33)30-22(27)28/h3-7,14H,8-13H2,1-2H3,(H4,27,28,30,33). The lowest BCUT2D eigenvalue weighted by Crippen LogP contribution is -2.48. The van der Waals surface area contributed by atoms with Crippen molar-refractivity contribution in [3.63, 3.8) is 0 Å². The summed E-state index contributed by atoms with van der Waals surface area (Å²) in [5, 5.41) is 4.10. The number of anilines is 1. The normalized spacial score (nSPS) is 17.1. The molecule has 1 amide bonds. The molecule has 0 atom stereocenters. The van der Waals surface area contributed by atoms with Gasteiger partial charge in [0, 0.05) is 28.8 Å². The number of nitrogens with zero attached hydrogens (tertiary/aromatic N) is 4. The van der Waals surface area contributed by atoms with Crippen LogP contribution in [-0.4, -0.2) is 61.4 Å². The predicted molar refractivity (Wildman–Crippen MR) is 131 cm³/mol. The summed E-state index contributed by atoms with van der Waals surface area (Å²) < 4.78 is 45.9. The number of rotatable bonds is 7. The molecule has 2 aromatic rings. The molecule has 0 saturated carbocycles. The van der Waals surface area contributed by atoms with E-state index in [1.54, 1.807) is 11.0 Å². The fraction of sp³-hybridized carbons (Fsp3) is 0.417. The highest BCUT2D eigenvalue weighted by molar-refractivity contribution is 5.99. The van der Waals surface area contributed by atoms with Gasteiger partial charge in [0.1, 0.15) is 19.0 Å². The molecule has 37 heavy (non-hydrogen) atoms. The first kappa shape index (κ1) is 26.2. The maximum atomic E-state index is 15.0. The summed E-state index contributed by atoms with van der Waals surface area (Å²) in [4.78, 5) is 25.9. The SMILES string of the molecule is CC1(C)OCC(CON=C2CN(c3ncc(-c4cccc(COC(=O)N=C(N)N)c4F)cc3F)C2)CO1. The van der Waals surface area contributed by atoms with Gasteiger partial charge in [-0.3, -0.25) is 0 Å². The van der Waals surface area contributed by atoms with Crippen molar-refractivity contribution in [3.05, 3.63) is 47.7 Å². The number of benzene rings is 1. The number of aromatic nitrogens is 1. The summed E-state index contributed by atoms with van der Waals surface area (Å²) in [6.45, 7) is 5.45. The molecular formula is C24H28F2N6O5. The molecule has 2 aliphatic rings. The Morgan fingerprint density at radius 3 is 2.65 bits per heavy atom. The number of carbonyl (C=O) groups excluding carboxylic acids is 1. The summed E-state index contributed by atoms with van der Waals surface area (Å²) >= 11 is 0. The summed E-state index contributed by atoms with van der Waals surface area (Å²) in [5.41, 5.74) is 11.4. The molecule has 4 N–H and O–H groups in total. The van der Waals surface area contributed by atoms with E-state index in [4.69, 9.17) is 30.5 Å². The molecule has 2 saturated heterocycles. The monoisotopic (exact) mass is 518 g/mol. The molecule has 1 aromatic heterocycles. The van der Waals surface area contributed by atoms with Crippen LogP contribution >= 0.6 is 0 Å². The van der Waals surface area contributed by atoms with Crippen LogP contribution in [0.3, 0.4) is 0 Å². The van der Waals surface area contributed by atoms with Gasteiger partial charge in [-0.05, 0) is 19.9 Å². The van der Waals surface area contributed by atoms with Crippen molar-refractivity contribution in [1.82, 2.24) is 4.98 Å². The van der Waals surface area contributed by atoms with Crippen LogP contribution in [0.2, 0.25) is 0 Å². The van der Waals surface area contributed by atoms with Crippen LogP contribution in [0.25, 0.3) is 11.1 Å². The van der Waals surface area contributed by atoms with Gasteiger partial charge >= 0.3 is 6.09 Å². The molecule has 0 aliphatic carbocycles. The van der Waals surface area contributed by atoms with Crippen molar-refractivity contribution in [1.29, 1.82) is 0 Å². The number of guanidine groups is 1. The summed E-state index contributed by atoms with van der Waals surface area (Å²) in [5.74, 6) is -2.13. The van der Waals surface area contributed by atoms with Crippen LogP contribution in [0.5, 0.6) is 0 Å². The van der Waals surface area contributed by atoms with E-state index >= 15 is 0 Å². The maximum Gasteiger partial charge on any atom is 0.437 e. The fourth-order valence-corrected chi connectivity index (χ4v) is 3.66. The summed E-state index contributed by atoms with van der Waals surface area (Å²) in [7, 11) is 0. The molecule has 1 aromatic carbocycles. The second-order valence-corrected chi connectivity index (χ2v) is 9.10. The molecule has 0 radical (unpaired) electrons. The highest BCUT2D eigenvalue weighted by Gasteiger charge is 2.30. The molecule has 11 nitrogen and oxygen atoms in total. The van der Waals surface area contributed by atoms with Gasteiger partial charge in [0.05, 0.1) is 32.0 Å². The highest BCUT2D eigenvalue weighted by Crippen LogP contribution is 2.29. The maximum absolute atomic E-state index is 15.0. The Bertz CT molecular complexity index is 1200. The van der Waals surface area contributed by atoms with E-state index in [2.05, 4.69) is 15.1 Å². The van der Waals surface area contributed by atoms with Gasteiger partial charge in [-0.1, -0.05) is 23.4 Å². The van der Waals surface area contributed by atoms with Gasteiger partial charge < -0.3 is 35.4 Å². The van der Waals surface area contributed by atoms with E-state index in [0.29, 0.717) is 32.9 Å². The van der Waals surface area contributed by atoms with Gasteiger partial charge in [-0.25, -0.2) is 18.6 Å². The van der Waals surface area contributed by atoms with Crippen LogP contribution in [0.15, 0.2) is 40.6 Å². The van der Waals surface area contributed by atoms with Crippen LogP contribution in [0, 0.1) is 17.6 Å². The average Bonchev–Trinajstić information content (AvgIpc) is 2.81. The van der Waals surface area contributed by atoms with Crippen molar-refractivity contribution < 1.29 is 32.6 Å². The third-order valence-corrected chi connectivity index (χ3v) is 5.67. The Morgan fingerprint density at radius 2 is 1.97 bits per heavy atom. The number of pyridine rings is 1. The molecule has 4 rings (SSSR count). The number of nitrogens with two attached hydrogens (primary N) is 2. The average molecular weight is 519 g/mol. The first-order valence-corrected chi connectivity index (χ1v) is 11.5. The Balaban J connectivity index is 1.33. The number of ether oxygens (including phenoxy) is 3. The molecule has 0 spiro atoms. The minimum absolute atomic E-state index is 0.0692. The van der Waals surface area contributed by atoms with E-state index in [9.17, 15) is 13.6 Å². The second-order valence-electron chi connectivity index (χ2n) is 9.10. The molecule has 2 fully saturated rings.